The van der Waals surface area contributed by atoms with Crippen LogP contribution in [0.5, 0.6) is 0 Å². The van der Waals surface area contributed by atoms with E-state index >= 15 is 0 Å². The number of esters is 1. The number of carbonyl (C=O) groups is 1. The van der Waals surface area contributed by atoms with Crippen LogP contribution in [0.2, 0.25) is 0 Å². The van der Waals surface area contributed by atoms with Gasteiger partial charge in [-0.1, -0.05) is 12.7 Å². The first-order chi connectivity index (χ1) is 5.66. The van der Waals surface area contributed by atoms with E-state index in [1.165, 1.54) is 6.08 Å². The lowest BCUT2D eigenvalue weighted by molar-refractivity contribution is -0.142. The molecule has 0 amide bonds. The Morgan fingerprint density at radius 3 is 2.75 bits per heavy atom. The van der Waals surface area contributed by atoms with E-state index in [0.717, 1.165) is 0 Å². The normalized spacial score (nSPS) is 9.92. The summed E-state index contributed by atoms with van der Waals surface area (Å²) in [6, 6.07) is 0. The second-order valence-electron chi connectivity index (χ2n) is 2.34. The Bertz CT molecular complexity index is 142. The number of hydrogen-bond acceptors (Lipinski definition) is 4. The molecule has 0 rings (SSSR count). The highest BCUT2D eigenvalue weighted by Crippen LogP contribution is 1.99. The first kappa shape index (κ1) is 11.1. The fourth-order valence-electron chi connectivity index (χ4n) is 0.653. The van der Waals surface area contributed by atoms with Crippen LogP contribution in [0.4, 0.5) is 0 Å². The minimum Gasteiger partial charge on any atom is -0.461 e. The molecular formula is C8H14O4. The molecule has 0 saturated carbocycles. The molecule has 0 spiro atoms. The third-order valence-corrected chi connectivity index (χ3v) is 1.21. The molecule has 70 valence electrons. The van der Waals surface area contributed by atoms with Crippen LogP contribution in [-0.4, -0.2) is 29.1 Å². The molecule has 4 heteroatoms. The summed E-state index contributed by atoms with van der Waals surface area (Å²) in [5.74, 6) is -0.337. The molecule has 0 bridgehead atoms. The molecule has 12 heavy (non-hydrogen) atoms. The summed E-state index contributed by atoms with van der Waals surface area (Å²) in [6.07, 6.45) is 0.985. The van der Waals surface area contributed by atoms with E-state index in [-0.39, 0.29) is 25.4 Å². The Balaban J connectivity index is 3.25. The topological polar surface area (TPSA) is 66.8 Å². The number of carbonyl (C=O) groups excluding carboxylic acids is 1. The lowest BCUT2D eigenvalue weighted by Crippen LogP contribution is -2.08. The van der Waals surface area contributed by atoms with Gasteiger partial charge in [-0.2, -0.15) is 0 Å². The molecule has 0 fully saturated rings. The second-order valence-corrected chi connectivity index (χ2v) is 2.34. The predicted molar refractivity (Wildman–Crippen MR) is 43.2 cm³/mol. The van der Waals surface area contributed by atoms with Crippen LogP contribution >= 0.6 is 0 Å². The Hall–Kier alpha value is -0.870. The van der Waals surface area contributed by atoms with Crippen molar-refractivity contribution in [2.24, 2.45) is 0 Å². The van der Waals surface area contributed by atoms with Gasteiger partial charge in [0.2, 0.25) is 0 Å². The summed E-state index contributed by atoms with van der Waals surface area (Å²) < 4.78 is 4.65. The highest BCUT2D eigenvalue weighted by molar-refractivity contribution is 5.69. The SMILES string of the molecule is C=CCOC(=O)CCCC(O)O. The Morgan fingerprint density at radius 1 is 1.58 bits per heavy atom. The zero-order valence-corrected chi connectivity index (χ0v) is 6.90. The van der Waals surface area contributed by atoms with Crippen LogP contribution in [0, 0.1) is 0 Å². The predicted octanol–water partition coefficient (Wildman–Crippen LogP) is 0.197. The third kappa shape index (κ3) is 7.24. The van der Waals surface area contributed by atoms with Crippen molar-refractivity contribution in [1.82, 2.24) is 0 Å². The van der Waals surface area contributed by atoms with Gasteiger partial charge in [0.05, 0.1) is 0 Å². The fourth-order valence-corrected chi connectivity index (χ4v) is 0.653. The van der Waals surface area contributed by atoms with Gasteiger partial charge in [0.25, 0.3) is 0 Å². The van der Waals surface area contributed by atoms with Crippen molar-refractivity contribution in [2.75, 3.05) is 6.61 Å². The van der Waals surface area contributed by atoms with Crippen LogP contribution in [0.3, 0.4) is 0 Å². The molecule has 0 unspecified atom stereocenters. The molecule has 0 aromatic heterocycles. The van der Waals surface area contributed by atoms with E-state index in [1.54, 1.807) is 0 Å². The van der Waals surface area contributed by atoms with Gasteiger partial charge in [-0.3, -0.25) is 4.79 Å². The van der Waals surface area contributed by atoms with E-state index < -0.39 is 6.29 Å². The first-order valence-electron chi connectivity index (χ1n) is 3.79. The first-order valence-corrected chi connectivity index (χ1v) is 3.79. The van der Waals surface area contributed by atoms with Crippen LogP contribution in [0.1, 0.15) is 19.3 Å². The van der Waals surface area contributed by atoms with Crippen LogP contribution in [-0.2, 0) is 9.53 Å². The molecule has 0 aliphatic heterocycles. The summed E-state index contributed by atoms with van der Waals surface area (Å²) in [5, 5.41) is 16.9. The second kappa shape index (κ2) is 6.82. The molecule has 0 aliphatic carbocycles. The van der Waals surface area contributed by atoms with Crippen molar-refractivity contribution in [3.63, 3.8) is 0 Å². The number of aliphatic hydroxyl groups is 2. The lowest BCUT2D eigenvalue weighted by Gasteiger charge is -2.02. The summed E-state index contributed by atoms with van der Waals surface area (Å²) in [4.78, 5) is 10.8. The third-order valence-electron chi connectivity index (χ3n) is 1.21. The molecule has 0 aliphatic rings. The lowest BCUT2D eigenvalue weighted by atomic mass is 10.2. The number of rotatable bonds is 6. The van der Waals surface area contributed by atoms with E-state index in [1.807, 2.05) is 0 Å². The molecule has 0 heterocycles. The van der Waals surface area contributed by atoms with Gasteiger partial charge in [0.15, 0.2) is 6.29 Å². The average molecular weight is 174 g/mol. The Kier molecular flexibility index (Phi) is 6.32. The van der Waals surface area contributed by atoms with Crippen molar-refractivity contribution in [2.45, 2.75) is 25.6 Å². The van der Waals surface area contributed by atoms with E-state index in [9.17, 15) is 4.79 Å². The standard InChI is InChI=1S/C8H14O4/c1-2-6-12-8(11)5-3-4-7(9)10/h2,7,9-10H,1,3-6H2. The summed E-state index contributed by atoms with van der Waals surface area (Å²) in [6.45, 7) is 3.59. The Morgan fingerprint density at radius 2 is 2.25 bits per heavy atom. The van der Waals surface area contributed by atoms with E-state index in [0.29, 0.717) is 6.42 Å². The highest BCUT2D eigenvalue weighted by atomic mass is 16.5. The fraction of sp³-hybridized carbons (Fsp3) is 0.625. The van der Waals surface area contributed by atoms with Gasteiger partial charge in [-0.05, 0) is 12.8 Å². The van der Waals surface area contributed by atoms with Crippen LogP contribution in [0.25, 0.3) is 0 Å². The zero-order chi connectivity index (χ0) is 9.40. The number of hydrogen-bond donors (Lipinski definition) is 2. The van der Waals surface area contributed by atoms with Gasteiger partial charge < -0.3 is 14.9 Å². The van der Waals surface area contributed by atoms with Crippen LogP contribution in [0.15, 0.2) is 12.7 Å². The zero-order valence-electron chi connectivity index (χ0n) is 6.90. The molecule has 4 nitrogen and oxygen atoms in total. The molecule has 0 aromatic carbocycles. The van der Waals surface area contributed by atoms with Gasteiger partial charge in [-0.15, -0.1) is 0 Å². The molecule has 0 atom stereocenters. The van der Waals surface area contributed by atoms with E-state index in [2.05, 4.69) is 11.3 Å². The summed E-state index contributed by atoms with van der Waals surface area (Å²) in [5.41, 5.74) is 0. The molecule has 0 saturated heterocycles. The number of ether oxygens (including phenoxy) is 1. The smallest absolute Gasteiger partial charge is 0.306 e. The molecule has 0 aromatic rings. The highest BCUT2D eigenvalue weighted by Gasteiger charge is 2.03. The minimum absolute atomic E-state index is 0.198. The minimum atomic E-state index is -1.34. The summed E-state index contributed by atoms with van der Waals surface area (Å²) >= 11 is 0. The molecular weight excluding hydrogens is 160 g/mol. The maximum Gasteiger partial charge on any atom is 0.306 e. The average Bonchev–Trinajstić information content (AvgIpc) is 2.00. The van der Waals surface area contributed by atoms with Crippen molar-refractivity contribution < 1.29 is 19.7 Å². The quantitative estimate of drug-likeness (QED) is 0.343. The monoisotopic (exact) mass is 174 g/mol. The maximum absolute atomic E-state index is 10.8. The summed E-state index contributed by atoms with van der Waals surface area (Å²) in [7, 11) is 0. The van der Waals surface area contributed by atoms with Gasteiger partial charge in [0, 0.05) is 6.42 Å². The molecule has 2 N–H and O–H groups in total. The largest absolute Gasteiger partial charge is 0.461 e. The molecule has 0 radical (unpaired) electrons. The van der Waals surface area contributed by atoms with Crippen molar-refractivity contribution in [3.05, 3.63) is 12.7 Å². The Labute approximate surface area is 71.5 Å². The van der Waals surface area contributed by atoms with Crippen molar-refractivity contribution >= 4 is 5.97 Å². The number of aliphatic hydroxyl groups excluding tert-OH is 1. The van der Waals surface area contributed by atoms with Gasteiger partial charge >= 0.3 is 5.97 Å². The van der Waals surface area contributed by atoms with Crippen molar-refractivity contribution in [1.29, 1.82) is 0 Å². The van der Waals surface area contributed by atoms with Crippen LogP contribution < -0.4 is 0 Å². The maximum atomic E-state index is 10.8. The van der Waals surface area contributed by atoms with Crippen molar-refractivity contribution in [3.8, 4) is 0 Å². The van der Waals surface area contributed by atoms with E-state index in [4.69, 9.17) is 10.2 Å². The van der Waals surface area contributed by atoms with Gasteiger partial charge in [-0.25, -0.2) is 0 Å². The van der Waals surface area contributed by atoms with Gasteiger partial charge in [0.1, 0.15) is 6.61 Å².